The minimum atomic E-state index is -3.43. The fraction of sp³-hybridized carbons (Fsp3) is 0.417. The molecule has 19 heavy (non-hydrogen) atoms. The van der Waals surface area contributed by atoms with Crippen LogP contribution in [0, 0.1) is 0 Å². The molecule has 0 fully saturated rings. The summed E-state index contributed by atoms with van der Waals surface area (Å²) in [6.45, 7) is 2.79. The van der Waals surface area contributed by atoms with Gasteiger partial charge in [0.1, 0.15) is 0 Å². The molecule has 0 amide bonds. The van der Waals surface area contributed by atoms with Gasteiger partial charge in [-0.25, -0.2) is 0 Å². The Morgan fingerprint density at radius 1 is 1.32 bits per heavy atom. The van der Waals surface area contributed by atoms with Gasteiger partial charge in [-0.15, -0.1) is 0 Å². The highest BCUT2D eigenvalue weighted by Gasteiger charge is 2.11. The number of hydrogen-bond acceptors (Lipinski definition) is 5. The average molecular weight is 284 g/mol. The molecule has 0 saturated carbocycles. The van der Waals surface area contributed by atoms with Crippen LogP contribution < -0.4 is 4.74 Å². The minimum absolute atomic E-state index is 0.0548. The third-order valence-electron chi connectivity index (χ3n) is 2.51. The second-order valence-corrected chi connectivity index (χ2v) is 5.64. The van der Waals surface area contributed by atoms with Crippen LogP contribution in [0.4, 0.5) is 0 Å². The van der Waals surface area contributed by atoms with Crippen LogP contribution >= 0.6 is 0 Å². The molecule has 1 aromatic carbocycles. The lowest BCUT2D eigenvalue weighted by Crippen LogP contribution is -2.12. The smallest absolute Gasteiger partial charge is 0.297 e. The number of rotatable bonds is 6. The number of ether oxygens (including phenoxy) is 1. The Labute approximate surface area is 112 Å². The second-order valence-electron chi connectivity index (χ2n) is 3.99. The maximum Gasteiger partial charge on any atom is 0.297 e. The Hall–Kier alpha value is -1.60. The maximum atomic E-state index is 11.0. The van der Waals surface area contributed by atoms with Crippen molar-refractivity contribution in [1.29, 1.82) is 0 Å². The molecule has 7 heteroatoms. The highest BCUT2D eigenvalue weighted by Crippen LogP contribution is 2.21. The fourth-order valence-corrected chi connectivity index (χ4v) is 2.17. The normalized spacial score (nSPS) is 11.9. The van der Waals surface area contributed by atoms with Gasteiger partial charge in [0.05, 0.1) is 37.0 Å². The number of imidazole rings is 1. The number of aromatic nitrogens is 2. The third kappa shape index (κ3) is 3.45. The lowest BCUT2D eigenvalue weighted by Gasteiger charge is -2.08. The predicted molar refractivity (Wildman–Crippen MR) is 71.7 cm³/mol. The first-order valence-electron chi connectivity index (χ1n) is 5.93. The van der Waals surface area contributed by atoms with Gasteiger partial charge in [-0.1, -0.05) is 12.1 Å². The highest BCUT2D eigenvalue weighted by atomic mass is 32.2. The molecule has 1 heterocycles. The number of fused-ring (bicyclic) bond motifs is 1. The lowest BCUT2D eigenvalue weighted by atomic mass is 10.3. The van der Waals surface area contributed by atoms with E-state index in [4.69, 9.17) is 8.92 Å². The molecular weight excluding hydrogens is 268 g/mol. The zero-order chi connectivity index (χ0) is 13.9. The van der Waals surface area contributed by atoms with Gasteiger partial charge in [0.25, 0.3) is 16.1 Å². The first-order valence-corrected chi connectivity index (χ1v) is 7.75. The van der Waals surface area contributed by atoms with Crippen LogP contribution in [0.5, 0.6) is 6.01 Å². The van der Waals surface area contributed by atoms with Crippen LogP contribution in [0.2, 0.25) is 0 Å². The molecular formula is C12H16N2O4S. The topological polar surface area (TPSA) is 70.4 Å². The van der Waals surface area contributed by atoms with Gasteiger partial charge in [0.15, 0.2) is 0 Å². The number of nitrogens with zero attached hydrogens (tertiary/aromatic N) is 2. The van der Waals surface area contributed by atoms with E-state index < -0.39 is 10.1 Å². The summed E-state index contributed by atoms with van der Waals surface area (Å²) in [6.07, 6.45) is 1.03. The van der Waals surface area contributed by atoms with Crippen LogP contribution in [0.1, 0.15) is 6.92 Å². The molecule has 0 spiro atoms. The Kier molecular flexibility index (Phi) is 4.06. The predicted octanol–water partition coefficient (Wildman–Crippen LogP) is 1.41. The number of para-hydroxylation sites is 2. The van der Waals surface area contributed by atoms with Crippen molar-refractivity contribution in [2.75, 3.05) is 19.5 Å². The largest absolute Gasteiger partial charge is 0.465 e. The van der Waals surface area contributed by atoms with Crippen LogP contribution in [0.15, 0.2) is 24.3 Å². The molecule has 0 aliphatic carbocycles. The number of benzene rings is 1. The van der Waals surface area contributed by atoms with Crippen molar-refractivity contribution >= 4 is 21.2 Å². The average Bonchev–Trinajstić information content (AvgIpc) is 2.67. The molecule has 0 bridgehead atoms. The summed E-state index contributed by atoms with van der Waals surface area (Å²) in [6, 6.07) is 8.05. The summed E-state index contributed by atoms with van der Waals surface area (Å²) < 4.78 is 33.9. The summed E-state index contributed by atoms with van der Waals surface area (Å²) in [4.78, 5) is 4.35. The Morgan fingerprint density at radius 3 is 2.74 bits per heavy atom. The molecule has 0 aliphatic rings. The summed E-state index contributed by atoms with van der Waals surface area (Å²) in [5.41, 5.74) is 1.70. The lowest BCUT2D eigenvalue weighted by molar-refractivity contribution is 0.270. The van der Waals surface area contributed by atoms with Crippen molar-refractivity contribution in [3.63, 3.8) is 0 Å². The molecule has 0 N–H and O–H groups in total. The minimum Gasteiger partial charge on any atom is -0.465 e. The highest BCUT2D eigenvalue weighted by molar-refractivity contribution is 7.85. The molecule has 0 unspecified atom stereocenters. The fourth-order valence-electron chi connectivity index (χ4n) is 1.79. The van der Waals surface area contributed by atoms with Crippen molar-refractivity contribution in [3.8, 4) is 6.01 Å². The van der Waals surface area contributed by atoms with Gasteiger partial charge in [-0.05, 0) is 19.1 Å². The summed E-state index contributed by atoms with van der Waals surface area (Å²) in [5, 5.41) is 0. The molecule has 6 nitrogen and oxygen atoms in total. The van der Waals surface area contributed by atoms with E-state index in [1.165, 1.54) is 0 Å². The van der Waals surface area contributed by atoms with E-state index in [2.05, 4.69) is 4.98 Å². The van der Waals surface area contributed by atoms with Gasteiger partial charge in [-0.3, -0.25) is 8.75 Å². The molecule has 0 atom stereocenters. The summed E-state index contributed by atoms with van der Waals surface area (Å²) >= 11 is 0. The van der Waals surface area contributed by atoms with E-state index in [0.717, 1.165) is 17.3 Å². The van der Waals surface area contributed by atoms with Gasteiger partial charge >= 0.3 is 0 Å². The van der Waals surface area contributed by atoms with E-state index in [1.807, 2.05) is 35.8 Å². The van der Waals surface area contributed by atoms with Crippen LogP contribution in [-0.2, 0) is 20.8 Å². The van der Waals surface area contributed by atoms with E-state index in [-0.39, 0.29) is 6.61 Å². The van der Waals surface area contributed by atoms with Gasteiger partial charge in [0.2, 0.25) is 0 Å². The maximum absolute atomic E-state index is 11.0. The molecule has 0 saturated heterocycles. The third-order valence-corrected chi connectivity index (χ3v) is 3.10. The van der Waals surface area contributed by atoms with Crippen LogP contribution in [0.25, 0.3) is 11.0 Å². The second kappa shape index (κ2) is 5.58. The van der Waals surface area contributed by atoms with Gasteiger partial charge in [0, 0.05) is 0 Å². The molecule has 1 aromatic heterocycles. The van der Waals surface area contributed by atoms with Crippen molar-refractivity contribution in [3.05, 3.63) is 24.3 Å². The molecule has 2 aromatic rings. The summed E-state index contributed by atoms with van der Waals surface area (Å²) in [7, 11) is -3.43. The van der Waals surface area contributed by atoms with Crippen LogP contribution in [0.3, 0.4) is 0 Å². The SMILES string of the molecule is CCOc1nc2ccccc2n1CCOS(C)(=O)=O. The van der Waals surface area contributed by atoms with Crippen molar-refractivity contribution in [1.82, 2.24) is 9.55 Å². The molecule has 0 aliphatic heterocycles. The van der Waals surface area contributed by atoms with E-state index in [9.17, 15) is 8.42 Å². The first kappa shape index (κ1) is 13.8. The zero-order valence-electron chi connectivity index (χ0n) is 10.9. The van der Waals surface area contributed by atoms with E-state index in [1.54, 1.807) is 0 Å². The number of hydrogen-bond donors (Lipinski definition) is 0. The Morgan fingerprint density at radius 2 is 2.05 bits per heavy atom. The van der Waals surface area contributed by atoms with Crippen LogP contribution in [-0.4, -0.2) is 37.4 Å². The Balaban J connectivity index is 2.26. The first-order chi connectivity index (χ1) is 9.01. The monoisotopic (exact) mass is 284 g/mol. The van der Waals surface area contributed by atoms with Gasteiger partial charge < -0.3 is 4.74 Å². The zero-order valence-corrected chi connectivity index (χ0v) is 11.7. The Bertz CT molecular complexity index is 663. The summed E-state index contributed by atoms with van der Waals surface area (Å²) in [5.74, 6) is 0. The van der Waals surface area contributed by atoms with Gasteiger partial charge in [-0.2, -0.15) is 13.4 Å². The van der Waals surface area contributed by atoms with E-state index >= 15 is 0 Å². The molecule has 2 rings (SSSR count). The van der Waals surface area contributed by atoms with Crippen molar-refractivity contribution < 1.29 is 17.3 Å². The van der Waals surface area contributed by atoms with E-state index in [0.29, 0.717) is 19.2 Å². The standard InChI is InChI=1S/C12H16N2O4S/c1-3-17-12-13-10-6-4-5-7-11(10)14(12)8-9-18-19(2,15)16/h4-7H,3,8-9H2,1-2H3. The quantitative estimate of drug-likeness (QED) is 0.750. The molecule has 0 radical (unpaired) electrons. The van der Waals surface area contributed by atoms with Crippen molar-refractivity contribution in [2.45, 2.75) is 13.5 Å². The van der Waals surface area contributed by atoms with Crippen molar-refractivity contribution in [2.24, 2.45) is 0 Å². The molecule has 104 valence electrons.